The number of nitrogens with zero attached hydrogens (tertiary/aromatic N) is 2. The number of aliphatic hydroxyl groups excluding tert-OH is 1. The molecule has 3 heterocycles. The van der Waals surface area contributed by atoms with Gasteiger partial charge in [0.25, 0.3) is 5.78 Å². The second-order valence-electron chi connectivity index (χ2n) is 11.5. The van der Waals surface area contributed by atoms with Gasteiger partial charge in [-0.3, -0.25) is 14.5 Å². The Labute approximate surface area is 260 Å². The number of amides is 1. The normalized spacial score (nSPS) is 19.0. The SMILES string of the molecule is CCCCCOc1ccc(C2C(=C(O)c3ccc4c(c3)CC(C)O4)C(=O)C(=O)N2c2nc3c(C)cc(C)cc3s2)cc1OC. The molecule has 8 nitrogen and oxygen atoms in total. The average molecular weight is 613 g/mol. The maximum absolute atomic E-state index is 13.8. The predicted molar refractivity (Wildman–Crippen MR) is 172 cm³/mol. The fraction of sp³-hybridized carbons (Fsp3) is 0.343. The van der Waals surface area contributed by atoms with Crippen LogP contribution in [0.5, 0.6) is 17.2 Å². The van der Waals surface area contributed by atoms with Crippen molar-refractivity contribution in [3.05, 3.63) is 81.9 Å². The number of fused-ring (bicyclic) bond motifs is 2. The van der Waals surface area contributed by atoms with E-state index in [4.69, 9.17) is 19.2 Å². The number of Topliss-reactive ketones (excluding diaryl/α,β-unsaturated/α-hetero) is 1. The number of methoxy groups -OCH3 is 1. The third kappa shape index (κ3) is 5.30. The molecule has 2 atom stereocenters. The Morgan fingerprint density at radius 2 is 1.91 bits per heavy atom. The molecule has 6 rings (SSSR count). The van der Waals surface area contributed by atoms with Crippen LogP contribution in [0.15, 0.2) is 54.1 Å². The molecule has 0 radical (unpaired) electrons. The lowest BCUT2D eigenvalue weighted by Crippen LogP contribution is -2.29. The Kier molecular flexibility index (Phi) is 8.07. The lowest BCUT2D eigenvalue weighted by molar-refractivity contribution is -0.132. The van der Waals surface area contributed by atoms with Crippen molar-refractivity contribution in [3.8, 4) is 17.2 Å². The maximum Gasteiger partial charge on any atom is 0.301 e. The van der Waals surface area contributed by atoms with E-state index in [1.807, 2.05) is 45.0 Å². The standard InChI is InChI=1S/C35H36N2O6S/c1-6-7-8-13-42-26-12-9-22(18-27(26)41-5)31-29(32(38)23-10-11-25-24(17-23)16-21(4)43-25)33(39)34(40)37(31)35-36-30-20(3)14-19(2)15-28(30)44-35/h9-12,14-15,17-18,21,31,38H,6-8,13,16H2,1-5H3. The van der Waals surface area contributed by atoms with Gasteiger partial charge < -0.3 is 19.3 Å². The van der Waals surface area contributed by atoms with Crippen LogP contribution in [0.2, 0.25) is 0 Å². The molecule has 1 saturated heterocycles. The number of ketones is 1. The molecule has 2 aliphatic rings. The van der Waals surface area contributed by atoms with Gasteiger partial charge in [-0.25, -0.2) is 4.98 Å². The molecule has 1 fully saturated rings. The van der Waals surface area contributed by atoms with Crippen molar-refractivity contribution >= 4 is 44.1 Å². The molecular weight excluding hydrogens is 576 g/mol. The number of carbonyl (C=O) groups is 2. The third-order valence-electron chi connectivity index (χ3n) is 8.15. The van der Waals surface area contributed by atoms with Crippen LogP contribution in [0, 0.1) is 13.8 Å². The van der Waals surface area contributed by atoms with Gasteiger partial charge in [-0.1, -0.05) is 43.2 Å². The summed E-state index contributed by atoms with van der Waals surface area (Å²) in [6.45, 7) is 8.66. The van der Waals surface area contributed by atoms with Crippen molar-refractivity contribution in [1.82, 2.24) is 4.98 Å². The topological polar surface area (TPSA) is 98.2 Å². The molecule has 2 unspecified atom stereocenters. The number of aryl methyl sites for hydroxylation is 2. The lowest BCUT2D eigenvalue weighted by atomic mass is 9.94. The molecular formula is C35H36N2O6S. The number of ether oxygens (including phenoxy) is 3. The van der Waals surface area contributed by atoms with Crippen LogP contribution >= 0.6 is 11.3 Å². The Morgan fingerprint density at radius 3 is 2.68 bits per heavy atom. The molecule has 1 amide bonds. The summed E-state index contributed by atoms with van der Waals surface area (Å²) in [4.78, 5) is 33.9. The largest absolute Gasteiger partial charge is 0.507 e. The second kappa shape index (κ2) is 12.0. The highest BCUT2D eigenvalue weighted by atomic mass is 32.1. The van der Waals surface area contributed by atoms with E-state index in [0.29, 0.717) is 40.8 Å². The number of rotatable bonds is 9. The highest BCUT2D eigenvalue weighted by Gasteiger charge is 2.48. The highest BCUT2D eigenvalue weighted by Crippen LogP contribution is 2.46. The van der Waals surface area contributed by atoms with Crippen LogP contribution in [0.1, 0.15) is 67.0 Å². The number of hydrogen-bond donors (Lipinski definition) is 1. The van der Waals surface area contributed by atoms with Gasteiger partial charge in [-0.05, 0) is 85.8 Å². The number of carbonyl (C=O) groups excluding carboxylic acids is 2. The zero-order valence-corrected chi connectivity index (χ0v) is 26.4. The second-order valence-corrected chi connectivity index (χ2v) is 12.5. The van der Waals surface area contributed by atoms with E-state index in [1.54, 1.807) is 31.4 Å². The minimum absolute atomic E-state index is 0.00672. The molecule has 9 heteroatoms. The first-order valence-corrected chi connectivity index (χ1v) is 15.8. The molecule has 2 aliphatic heterocycles. The van der Waals surface area contributed by atoms with Gasteiger partial charge in [0.2, 0.25) is 0 Å². The Morgan fingerprint density at radius 1 is 1.09 bits per heavy atom. The molecule has 0 bridgehead atoms. The van der Waals surface area contributed by atoms with Gasteiger partial charge in [-0.15, -0.1) is 0 Å². The Bertz CT molecular complexity index is 1810. The maximum atomic E-state index is 13.8. The van der Waals surface area contributed by atoms with Crippen molar-refractivity contribution in [2.75, 3.05) is 18.6 Å². The summed E-state index contributed by atoms with van der Waals surface area (Å²) >= 11 is 1.35. The molecule has 1 aromatic heterocycles. The summed E-state index contributed by atoms with van der Waals surface area (Å²) in [5.74, 6) is 0.0356. The van der Waals surface area contributed by atoms with Crippen LogP contribution in [-0.2, 0) is 16.0 Å². The minimum Gasteiger partial charge on any atom is -0.507 e. The van der Waals surface area contributed by atoms with E-state index >= 15 is 0 Å². The molecule has 3 aromatic carbocycles. The van der Waals surface area contributed by atoms with Gasteiger partial charge in [0.15, 0.2) is 16.6 Å². The lowest BCUT2D eigenvalue weighted by Gasteiger charge is -2.24. The number of benzene rings is 3. The van der Waals surface area contributed by atoms with E-state index in [-0.39, 0.29) is 17.4 Å². The van der Waals surface area contributed by atoms with Crippen LogP contribution in [0.3, 0.4) is 0 Å². The number of aromatic nitrogens is 1. The van der Waals surface area contributed by atoms with Crippen molar-refractivity contribution < 1.29 is 28.9 Å². The predicted octanol–water partition coefficient (Wildman–Crippen LogP) is 7.44. The first-order chi connectivity index (χ1) is 21.2. The van der Waals surface area contributed by atoms with Gasteiger partial charge >= 0.3 is 5.91 Å². The molecule has 228 valence electrons. The molecule has 0 aliphatic carbocycles. The molecule has 44 heavy (non-hydrogen) atoms. The fourth-order valence-corrected chi connectivity index (χ4v) is 7.21. The first kappa shape index (κ1) is 29.7. The zero-order chi connectivity index (χ0) is 31.1. The summed E-state index contributed by atoms with van der Waals surface area (Å²) in [7, 11) is 1.56. The Balaban J connectivity index is 1.50. The van der Waals surface area contributed by atoms with E-state index in [0.717, 1.165) is 51.9 Å². The summed E-state index contributed by atoms with van der Waals surface area (Å²) in [6, 6.07) is 13.8. The fourth-order valence-electron chi connectivity index (χ4n) is 6.04. The summed E-state index contributed by atoms with van der Waals surface area (Å²) < 4.78 is 18.5. The van der Waals surface area contributed by atoms with E-state index in [9.17, 15) is 14.7 Å². The third-order valence-corrected chi connectivity index (χ3v) is 9.15. The van der Waals surface area contributed by atoms with Gasteiger partial charge in [0.05, 0.1) is 35.5 Å². The van der Waals surface area contributed by atoms with Gasteiger partial charge in [-0.2, -0.15) is 0 Å². The van der Waals surface area contributed by atoms with Crippen molar-refractivity contribution in [3.63, 3.8) is 0 Å². The van der Waals surface area contributed by atoms with Crippen LogP contribution in [0.4, 0.5) is 5.13 Å². The smallest absolute Gasteiger partial charge is 0.301 e. The summed E-state index contributed by atoms with van der Waals surface area (Å²) in [5.41, 5.74) is 4.81. The average Bonchev–Trinajstić information content (AvgIpc) is 3.67. The van der Waals surface area contributed by atoms with E-state index < -0.39 is 17.7 Å². The first-order valence-electron chi connectivity index (χ1n) is 15.0. The number of anilines is 1. The summed E-state index contributed by atoms with van der Waals surface area (Å²) in [5, 5.41) is 12.1. The molecule has 1 N–H and O–H groups in total. The molecule has 0 saturated carbocycles. The monoisotopic (exact) mass is 612 g/mol. The van der Waals surface area contributed by atoms with Crippen molar-refractivity contribution in [2.24, 2.45) is 0 Å². The van der Waals surface area contributed by atoms with Gasteiger partial charge in [0.1, 0.15) is 17.6 Å². The Hall–Kier alpha value is -4.37. The van der Waals surface area contributed by atoms with Crippen molar-refractivity contribution in [2.45, 2.75) is 65.5 Å². The number of aliphatic hydroxyl groups is 1. The van der Waals surface area contributed by atoms with Crippen LogP contribution in [0.25, 0.3) is 16.0 Å². The minimum atomic E-state index is -0.941. The van der Waals surface area contributed by atoms with Crippen LogP contribution in [-0.4, -0.2) is 41.6 Å². The molecule has 4 aromatic rings. The summed E-state index contributed by atoms with van der Waals surface area (Å²) in [6.07, 6.45) is 3.77. The number of thiazole rings is 1. The highest BCUT2D eigenvalue weighted by molar-refractivity contribution is 7.22. The number of unbranched alkanes of at least 4 members (excludes halogenated alkanes) is 2. The number of hydrogen-bond acceptors (Lipinski definition) is 8. The van der Waals surface area contributed by atoms with E-state index in [1.165, 1.54) is 16.2 Å². The zero-order valence-electron chi connectivity index (χ0n) is 25.6. The van der Waals surface area contributed by atoms with Gasteiger partial charge in [0, 0.05) is 12.0 Å². The van der Waals surface area contributed by atoms with Crippen molar-refractivity contribution in [1.29, 1.82) is 0 Å². The quantitative estimate of drug-likeness (QED) is 0.0908. The van der Waals surface area contributed by atoms with Crippen LogP contribution < -0.4 is 19.1 Å². The van der Waals surface area contributed by atoms with E-state index in [2.05, 4.69) is 6.92 Å². The molecule has 0 spiro atoms.